The maximum atomic E-state index is 13.9. The number of para-hydroxylation sites is 1. The van der Waals surface area contributed by atoms with Crippen LogP contribution in [0.25, 0.3) is 0 Å². The summed E-state index contributed by atoms with van der Waals surface area (Å²) in [5.74, 6) is 0.662. The zero-order valence-corrected chi connectivity index (χ0v) is 23.1. The van der Waals surface area contributed by atoms with E-state index in [9.17, 15) is 9.59 Å². The SMILES string of the molecule is COc1ccc([C@H]2CC(=O)C3=C(C2)NC(C)=C(C(=O)Nc2ccccc2C)[C@@H]3c2ccc(C)cc2)cc1OC. The molecule has 3 aromatic carbocycles. The minimum Gasteiger partial charge on any atom is -0.493 e. The monoisotopic (exact) mass is 522 g/mol. The average molecular weight is 523 g/mol. The van der Waals surface area contributed by atoms with Crippen LogP contribution in [0.15, 0.2) is 89.3 Å². The van der Waals surface area contributed by atoms with E-state index in [2.05, 4.69) is 10.6 Å². The van der Waals surface area contributed by atoms with Gasteiger partial charge in [-0.15, -0.1) is 0 Å². The topological polar surface area (TPSA) is 76.7 Å². The van der Waals surface area contributed by atoms with Crippen molar-refractivity contribution in [2.45, 2.75) is 45.4 Å². The molecule has 200 valence electrons. The Morgan fingerprint density at radius 2 is 1.56 bits per heavy atom. The molecule has 5 rings (SSSR count). The lowest BCUT2D eigenvalue weighted by molar-refractivity contribution is -0.116. The molecular weight excluding hydrogens is 488 g/mol. The fraction of sp³-hybridized carbons (Fsp3) is 0.273. The highest BCUT2D eigenvalue weighted by atomic mass is 16.5. The Morgan fingerprint density at radius 3 is 2.26 bits per heavy atom. The van der Waals surface area contributed by atoms with Crippen molar-refractivity contribution in [1.82, 2.24) is 5.32 Å². The van der Waals surface area contributed by atoms with Crippen LogP contribution in [0, 0.1) is 13.8 Å². The maximum absolute atomic E-state index is 13.9. The first-order valence-electron chi connectivity index (χ1n) is 13.2. The van der Waals surface area contributed by atoms with Gasteiger partial charge in [-0.2, -0.15) is 0 Å². The number of carbonyl (C=O) groups is 2. The first-order chi connectivity index (χ1) is 18.8. The molecule has 1 heterocycles. The molecule has 1 aliphatic carbocycles. The van der Waals surface area contributed by atoms with Gasteiger partial charge in [0.25, 0.3) is 5.91 Å². The molecule has 1 aliphatic heterocycles. The third kappa shape index (κ3) is 5.07. The summed E-state index contributed by atoms with van der Waals surface area (Å²) >= 11 is 0. The van der Waals surface area contributed by atoms with Gasteiger partial charge >= 0.3 is 0 Å². The van der Waals surface area contributed by atoms with E-state index in [0.717, 1.165) is 39.3 Å². The lowest BCUT2D eigenvalue weighted by Crippen LogP contribution is -2.37. The molecule has 0 radical (unpaired) electrons. The van der Waals surface area contributed by atoms with Crippen LogP contribution in [0.2, 0.25) is 0 Å². The van der Waals surface area contributed by atoms with Gasteiger partial charge < -0.3 is 20.1 Å². The van der Waals surface area contributed by atoms with Gasteiger partial charge in [0.1, 0.15) is 0 Å². The van der Waals surface area contributed by atoms with Gasteiger partial charge in [0.2, 0.25) is 0 Å². The minimum atomic E-state index is -0.454. The number of carbonyl (C=O) groups excluding carboxylic acids is 2. The largest absolute Gasteiger partial charge is 0.493 e. The Bertz CT molecular complexity index is 1500. The molecule has 6 heteroatoms. The van der Waals surface area contributed by atoms with E-state index < -0.39 is 5.92 Å². The lowest BCUT2D eigenvalue weighted by atomic mass is 9.71. The van der Waals surface area contributed by atoms with Crippen LogP contribution in [0.1, 0.15) is 53.9 Å². The van der Waals surface area contributed by atoms with Crippen LogP contribution in [0.4, 0.5) is 5.69 Å². The van der Waals surface area contributed by atoms with Crippen LogP contribution in [0.5, 0.6) is 11.5 Å². The second kappa shape index (κ2) is 10.8. The summed E-state index contributed by atoms with van der Waals surface area (Å²) in [6, 6.07) is 21.6. The normalized spacial score (nSPS) is 18.8. The number of methoxy groups -OCH3 is 2. The van der Waals surface area contributed by atoms with Crippen molar-refractivity contribution in [2.24, 2.45) is 0 Å². The smallest absolute Gasteiger partial charge is 0.254 e. The summed E-state index contributed by atoms with van der Waals surface area (Å²) < 4.78 is 10.9. The van der Waals surface area contributed by atoms with E-state index in [0.29, 0.717) is 35.5 Å². The molecule has 0 bridgehead atoms. The molecule has 0 spiro atoms. The van der Waals surface area contributed by atoms with Crippen LogP contribution in [0.3, 0.4) is 0 Å². The number of nitrogens with one attached hydrogen (secondary N) is 2. The summed E-state index contributed by atoms with van der Waals surface area (Å²) in [6.07, 6.45) is 1.01. The maximum Gasteiger partial charge on any atom is 0.254 e. The van der Waals surface area contributed by atoms with Crippen molar-refractivity contribution in [1.29, 1.82) is 0 Å². The molecule has 2 N–H and O–H groups in total. The molecule has 0 saturated heterocycles. The summed E-state index contributed by atoms with van der Waals surface area (Å²) in [5.41, 5.74) is 7.69. The molecule has 0 fully saturated rings. The van der Waals surface area contributed by atoms with Crippen molar-refractivity contribution >= 4 is 17.4 Å². The van der Waals surface area contributed by atoms with Gasteiger partial charge in [-0.1, -0.05) is 54.1 Å². The number of benzene rings is 3. The van der Waals surface area contributed by atoms with E-state index >= 15 is 0 Å². The van der Waals surface area contributed by atoms with Crippen molar-refractivity contribution in [2.75, 3.05) is 19.5 Å². The van der Waals surface area contributed by atoms with E-state index in [1.807, 2.05) is 87.5 Å². The number of ether oxygens (including phenoxy) is 2. The first kappa shape index (κ1) is 26.3. The van der Waals surface area contributed by atoms with E-state index in [-0.39, 0.29) is 17.6 Å². The molecular formula is C33H34N2O4. The number of rotatable bonds is 6. The number of ketones is 1. The molecule has 0 saturated carbocycles. The first-order valence-corrected chi connectivity index (χ1v) is 13.2. The van der Waals surface area contributed by atoms with Gasteiger partial charge in [0.05, 0.1) is 14.2 Å². The molecule has 0 aromatic heterocycles. The average Bonchev–Trinajstić information content (AvgIpc) is 2.93. The fourth-order valence-corrected chi connectivity index (χ4v) is 5.68. The summed E-state index contributed by atoms with van der Waals surface area (Å²) in [7, 11) is 3.22. The highest BCUT2D eigenvalue weighted by Crippen LogP contribution is 2.46. The van der Waals surface area contributed by atoms with Gasteiger partial charge in [0.15, 0.2) is 17.3 Å². The zero-order chi connectivity index (χ0) is 27.7. The highest BCUT2D eigenvalue weighted by molar-refractivity contribution is 6.10. The Labute approximate surface area is 229 Å². The van der Waals surface area contributed by atoms with Gasteiger partial charge in [-0.25, -0.2) is 0 Å². The van der Waals surface area contributed by atoms with Crippen molar-refractivity contribution < 1.29 is 19.1 Å². The van der Waals surface area contributed by atoms with E-state index in [1.54, 1.807) is 14.2 Å². The number of hydrogen-bond acceptors (Lipinski definition) is 5. The summed E-state index contributed by atoms with van der Waals surface area (Å²) in [5, 5.41) is 6.56. The third-order valence-corrected chi connectivity index (χ3v) is 7.76. The molecule has 39 heavy (non-hydrogen) atoms. The number of dihydropyridines is 1. The summed E-state index contributed by atoms with van der Waals surface area (Å²) in [4.78, 5) is 27.7. The molecule has 6 nitrogen and oxygen atoms in total. The van der Waals surface area contributed by atoms with Crippen molar-refractivity contribution in [3.05, 3.63) is 112 Å². The second-order valence-electron chi connectivity index (χ2n) is 10.3. The Morgan fingerprint density at radius 1 is 0.872 bits per heavy atom. The summed E-state index contributed by atoms with van der Waals surface area (Å²) in [6.45, 7) is 5.92. The Hall–Kier alpha value is -4.32. The molecule has 3 aromatic rings. The highest BCUT2D eigenvalue weighted by Gasteiger charge is 2.41. The third-order valence-electron chi connectivity index (χ3n) is 7.76. The Balaban J connectivity index is 1.55. The van der Waals surface area contributed by atoms with Crippen LogP contribution < -0.4 is 20.1 Å². The number of anilines is 1. The molecule has 0 unspecified atom stereocenters. The number of aryl methyl sites for hydroxylation is 2. The van der Waals surface area contributed by atoms with Crippen LogP contribution in [-0.2, 0) is 9.59 Å². The predicted octanol–water partition coefficient (Wildman–Crippen LogP) is 6.32. The van der Waals surface area contributed by atoms with Crippen molar-refractivity contribution in [3.8, 4) is 11.5 Å². The van der Waals surface area contributed by atoms with Gasteiger partial charge in [-0.05, 0) is 68.0 Å². The number of amides is 1. The minimum absolute atomic E-state index is 0.0163. The van der Waals surface area contributed by atoms with E-state index in [4.69, 9.17) is 9.47 Å². The van der Waals surface area contributed by atoms with Gasteiger partial charge in [-0.3, -0.25) is 9.59 Å². The second-order valence-corrected chi connectivity index (χ2v) is 10.3. The lowest BCUT2D eigenvalue weighted by Gasteiger charge is -2.37. The van der Waals surface area contributed by atoms with Crippen molar-refractivity contribution in [3.63, 3.8) is 0 Å². The number of Topliss-reactive ketones (excluding diaryl/α,β-unsaturated/α-hetero) is 1. The van der Waals surface area contributed by atoms with E-state index in [1.165, 1.54) is 0 Å². The quantitative estimate of drug-likeness (QED) is 0.396. The molecule has 2 atom stereocenters. The van der Waals surface area contributed by atoms with Crippen LogP contribution in [-0.4, -0.2) is 25.9 Å². The zero-order valence-electron chi connectivity index (χ0n) is 23.1. The van der Waals surface area contributed by atoms with Gasteiger partial charge in [0, 0.05) is 40.6 Å². The predicted molar refractivity (Wildman–Crippen MR) is 153 cm³/mol. The standard InChI is InChI=1S/C33H34N2O4/c1-19-10-12-22(13-11-19)31-30(33(37)35-25-9-7-6-8-20(25)2)21(3)34-26-16-24(17-27(36)32(26)31)23-14-15-28(38-4)29(18-23)39-5/h6-15,18,24,31,34H,16-17H2,1-5H3,(H,35,37)/t24-,31+/m1/s1. The fourth-order valence-electron chi connectivity index (χ4n) is 5.68. The number of allylic oxidation sites excluding steroid dienone is 3. The van der Waals surface area contributed by atoms with Crippen LogP contribution >= 0.6 is 0 Å². The molecule has 1 amide bonds. The molecule has 2 aliphatic rings. The Kier molecular flexibility index (Phi) is 7.29. The number of hydrogen-bond donors (Lipinski definition) is 2.